The summed E-state index contributed by atoms with van der Waals surface area (Å²) in [6.45, 7) is -0.714. The van der Waals surface area contributed by atoms with E-state index in [0.717, 1.165) is 5.56 Å². The number of phenolic OH excluding ortho intramolecular Hbond substituents is 1. The Labute approximate surface area is 126 Å². The normalized spacial score (nSPS) is 35.5. The van der Waals surface area contributed by atoms with Crippen LogP contribution >= 0.6 is 0 Å². The Balaban J connectivity index is 1.96. The summed E-state index contributed by atoms with van der Waals surface area (Å²) < 4.78 is 10.1. The maximum Gasteiger partial charge on any atom is 0.311 e. The molecule has 0 spiro atoms. The van der Waals surface area contributed by atoms with E-state index < -0.39 is 37.0 Å². The van der Waals surface area contributed by atoms with Crippen LogP contribution in [0.3, 0.4) is 0 Å². The van der Waals surface area contributed by atoms with Gasteiger partial charge in [0, 0.05) is 0 Å². The zero-order valence-electron chi connectivity index (χ0n) is 11.7. The molecule has 0 bridgehead atoms. The number of aliphatic hydroxyl groups is 5. The fourth-order valence-electron chi connectivity index (χ4n) is 2.22. The first-order valence-electron chi connectivity index (χ1n) is 6.84. The van der Waals surface area contributed by atoms with Crippen molar-refractivity contribution in [1.29, 1.82) is 0 Å². The van der Waals surface area contributed by atoms with E-state index in [0.29, 0.717) is 6.42 Å². The Morgan fingerprint density at radius 1 is 1.09 bits per heavy atom. The van der Waals surface area contributed by atoms with Crippen LogP contribution in [0.1, 0.15) is 5.56 Å². The summed E-state index contributed by atoms with van der Waals surface area (Å²) in [7, 11) is 0. The summed E-state index contributed by atoms with van der Waals surface area (Å²) in [6.07, 6.45) is -6.08. The zero-order chi connectivity index (χ0) is 16.3. The highest BCUT2D eigenvalue weighted by molar-refractivity contribution is 5.25. The highest BCUT2D eigenvalue weighted by Crippen LogP contribution is 2.29. The van der Waals surface area contributed by atoms with Gasteiger partial charge >= 0.3 is 5.97 Å². The molecule has 1 aliphatic rings. The summed E-state index contributed by atoms with van der Waals surface area (Å²) in [5.41, 5.74) is 0.811. The largest absolute Gasteiger partial charge is 0.508 e. The molecule has 0 unspecified atom stereocenters. The predicted octanol–water partition coefficient (Wildman–Crippen LogP) is -1.93. The summed E-state index contributed by atoms with van der Waals surface area (Å²) in [5.74, 6) is -2.40. The molecule has 6 N–H and O–H groups in total. The highest BCUT2D eigenvalue weighted by Gasteiger charge is 2.53. The molecule has 1 aromatic carbocycles. The van der Waals surface area contributed by atoms with Gasteiger partial charge in [-0.05, 0) is 24.1 Å². The van der Waals surface area contributed by atoms with E-state index >= 15 is 0 Å². The van der Waals surface area contributed by atoms with Crippen LogP contribution in [0.2, 0.25) is 0 Å². The number of benzene rings is 1. The smallest absolute Gasteiger partial charge is 0.311 e. The molecule has 124 valence electrons. The van der Waals surface area contributed by atoms with Gasteiger partial charge in [0.25, 0.3) is 0 Å². The average Bonchev–Trinajstić information content (AvgIpc) is 2.51. The van der Waals surface area contributed by atoms with Crippen LogP contribution in [-0.4, -0.2) is 74.2 Å². The molecule has 0 radical (unpaired) electrons. The van der Waals surface area contributed by atoms with E-state index in [1.807, 2.05) is 0 Å². The van der Waals surface area contributed by atoms with Crippen LogP contribution in [-0.2, 0) is 15.9 Å². The lowest BCUT2D eigenvalue weighted by atomic mass is 9.98. The molecular weight excluding hydrogens is 296 g/mol. The number of hydrogen-bond acceptors (Lipinski definition) is 8. The van der Waals surface area contributed by atoms with E-state index in [4.69, 9.17) is 14.6 Å². The van der Waals surface area contributed by atoms with Crippen molar-refractivity contribution in [2.24, 2.45) is 0 Å². The fraction of sp³-hybridized carbons (Fsp3) is 0.571. The second kappa shape index (κ2) is 6.88. The van der Waals surface area contributed by atoms with E-state index in [1.54, 1.807) is 12.1 Å². The molecule has 22 heavy (non-hydrogen) atoms. The van der Waals surface area contributed by atoms with Crippen LogP contribution in [0.15, 0.2) is 24.3 Å². The predicted molar refractivity (Wildman–Crippen MR) is 72.7 cm³/mol. The first kappa shape index (κ1) is 17.1. The van der Waals surface area contributed by atoms with Gasteiger partial charge < -0.3 is 40.1 Å². The summed E-state index contributed by atoms with van der Waals surface area (Å²) in [5, 5.41) is 57.4. The Bertz CT molecular complexity index is 476. The van der Waals surface area contributed by atoms with E-state index in [9.17, 15) is 25.5 Å². The van der Waals surface area contributed by atoms with Crippen molar-refractivity contribution in [3.05, 3.63) is 29.8 Å². The van der Waals surface area contributed by atoms with Crippen molar-refractivity contribution in [3.8, 4) is 5.75 Å². The first-order chi connectivity index (χ1) is 10.4. The third-order valence-corrected chi connectivity index (χ3v) is 3.56. The van der Waals surface area contributed by atoms with Crippen LogP contribution in [0.5, 0.6) is 5.75 Å². The summed E-state index contributed by atoms with van der Waals surface area (Å²) in [6, 6.07) is 6.32. The van der Waals surface area contributed by atoms with Gasteiger partial charge in [-0.25, -0.2) is 0 Å². The molecule has 2 rings (SSSR count). The number of phenols is 1. The molecule has 0 saturated carbocycles. The summed E-state index contributed by atoms with van der Waals surface area (Å²) in [4.78, 5) is 0. The van der Waals surface area contributed by atoms with E-state index in [2.05, 4.69) is 0 Å². The number of ether oxygens (including phenoxy) is 2. The lowest BCUT2D eigenvalue weighted by Gasteiger charge is -2.44. The van der Waals surface area contributed by atoms with Gasteiger partial charge in [0.05, 0.1) is 13.2 Å². The second-order valence-electron chi connectivity index (χ2n) is 5.16. The van der Waals surface area contributed by atoms with Crippen molar-refractivity contribution in [3.63, 3.8) is 0 Å². The Morgan fingerprint density at radius 2 is 1.73 bits per heavy atom. The minimum Gasteiger partial charge on any atom is -0.508 e. The molecule has 8 nitrogen and oxygen atoms in total. The Hall–Kier alpha value is -1.26. The molecular formula is C14H20O8. The third kappa shape index (κ3) is 3.55. The Kier molecular flexibility index (Phi) is 5.35. The fourth-order valence-corrected chi connectivity index (χ4v) is 2.22. The number of aliphatic hydroxyl groups excluding tert-OH is 4. The topological polar surface area (TPSA) is 140 Å². The number of aromatic hydroxyl groups is 1. The van der Waals surface area contributed by atoms with Gasteiger partial charge in [-0.15, -0.1) is 0 Å². The molecule has 1 heterocycles. The van der Waals surface area contributed by atoms with Gasteiger partial charge in [0.2, 0.25) is 0 Å². The highest BCUT2D eigenvalue weighted by atomic mass is 16.8. The maximum atomic E-state index is 10.1. The van der Waals surface area contributed by atoms with Gasteiger partial charge in [0.15, 0.2) is 6.10 Å². The molecule has 1 aliphatic heterocycles. The molecule has 1 saturated heterocycles. The van der Waals surface area contributed by atoms with Gasteiger partial charge in [-0.1, -0.05) is 12.1 Å². The monoisotopic (exact) mass is 316 g/mol. The third-order valence-electron chi connectivity index (χ3n) is 3.56. The number of hydrogen-bond donors (Lipinski definition) is 6. The van der Waals surface area contributed by atoms with E-state index in [-0.39, 0.29) is 12.4 Å². The minimum absolute atomic E-state index is 0.0563. The second-order valence-corrected chi connectivity index (χ2v) is 5.16. The maximum absolute atomic E-state index is 10.1. The van der Waals surface area contributed by atoms with Crippen LogP contribution in [0.25, 0.3) is 0 Å². The number of rotatable bonds is 5. The van der Waals surface area contributed by atoms with E-state index in [1.165, 1.54) is 12.1 Å². The molecule has 1 aromatic rings. The molecule has 0 amide bonds. The van der Waals surface area contributed by atoms with Crippen LogP contribution in [0.4, 0.5) is 0 Å². The molecule has 1 fully saturated rings. The minimum atomic E-state index is -2.52. The quantitative estimate of drug-likeness (QED) is 0.345. The van der Waals surface area contributed by atoms with Crippen molar-refractivity contribution in [1.82, 2.24) is 0 Å². The van der Waals surface area contributed by atoms with Crippen molar-refractivity contribution in [2.45, 2.75) is 36.8 Å². The average molecular weight is 316 g/mol. The van der Waals surface area contributed by atoms with Crippen LogP contribution < -0.4 is 0 Å². The van der Waals surface area contributed by atoms with Gasteiger partial charge in [-0.3, -0.25) is 0 Å². The van der Waals surface area contributed by atoms with Crippen molar-refractivity contribution >= 4 is 0 Å². The summed E-state index contributed by atoms with van der Waals surface area (Å²) >= 11 is 0. The molecule has 8 heteroatoms. The van der Waals surface area contributed by atoms with Crippen molar-refractivity contribution < 1.29 is 40.1 Å². The van der Waals surface area contributed by atoms with Gasteiger partial charge in [0.1, 0.15) is 24.1 Å². The van der Waals surface area contributed by atoms with Gasteiger partial charge in [-0.2, -0.15) is 0 Å². The molecule has 0 aliphatic carbocycles. The molecule has 5 atom stereocenters. The standard InChI is InChI=1S/C14H20O8/c15-7-10-11(17)12(18)13(19)14(20,22-10)21-6-5-8-1-3-9(16)4-2-8/h1-4,10-13,15-20H,5-7H2/t10-,11-,12+,13-,14-/m1/s1. The molecule has 0 aromatic heterocycles. The lowest BCUT2D eigenvalue weighted by molar-refractivity contribution is -0.448. The SMILES string of the molecule is OC[C@H]1O[C@](O)(OCCc2ccc(O)cc2)[C@H](O)[C@@H](O)[C@@H]1O. The lowest BCUT2D eigenvalue weighted by Crippen LogP contribution is -2.66. The van der Waals surface area contributed by atoms with Crippen molar-refractivity contribution in [2.75, 3.05) is 13.2 Å². The Morgan fingerprint density at radius 3 is 2.32 bits per heavy atom. The first-order valence-corrected chi connectivity index (χ1v) is 6.84. The zero-order valence-corrected chi connectivity index (χ0v) is 11.7. The van der Waals surface area contributed by atoms with Crippen LogP contribution in [0, 0.1) is 0 Å².